The van der Waals surface area contributed by atoms with Crippen LogP contribution in [-0.2, 0) is 9.59 Å². The lowest BCUT2D eigenvalue weighted by Crippen LogP contribution is -2.33. The molecule has 2 atom stereocenters. The number of fused-ring (bicyclic) bond motifs is 1. The number of nitrogens with zero attached hydrogens (tertiary/aromatic N) is 1. The summed E-state index contributed by atoms with van der Waals surface area (Å²) >= 11 is 0. The van der Waals surface area contributed by atoms with Gasteiger partial charge < -0.3 is 10.1 Å². The number of anilines is 2. The largest absolute Gasteiger partial charge is 0.457 e. The molecular formula is C29H26N2O4. The van der Waals surface area contributed by atoms with Crippen LogP contribution in [-0.4, -0.2) is 17.7 Å². The number of nitrogens with one attached hydrogen (secondary N) is 1. The number of carbonyl (C=O) groups excluding carboxylic acids is 3. The molecule has 0 spiro atoms. The van der Waals surface area contributed by atoms with Gasteiger partial charge in [0.05, 0.1) is 23.1 Å². The van der Waals surface area contributed by atoms with Crippen LogP contribution in [0.1, 0.15) is 35.7 Å². The van der Waals surface area contributed by atoms with E-state index in [1.165, 1.54) is 4.90 Å². The molecule has 1 heterocycles. The Kier molecular flexibility index (Phi) is 5.95. The van der Waals surface area contributed by atoms with Crippen LogP contribution in [0.5, 0.6) is 11.5 Å². The number of carbonyl (C=O) groups is 3. The number of aryl methyl sites for hydroxylation is 1. The first-order valence-corrected chi connectivity index (χ1v) is 11.7. The van der Waals surface area contributed by atoms with Crippen molar-refractivity contribution in [1.82, 2.24) is 0 Å². The molecular weight excluding hydrogens is 440 g/mol. The van der Waals surface area contributed by atoms with Crippen LogP contribution in [0.25, 0.3) is 0 Å². The molecule has 3 aromatic rings. The first-order valence-electron chi connectivity index (χ1n) is 11.7. The lowest BCUT2D eigenvalue weighted by molar-refractivity contribution is -0.122. The van der Waals surface area contributed by atoms with Crippen LogP contribution in [0.3, 0.4) is 0 Å². The Morgan fingerprint density at radius 1 is 0.886 bits per heavy atom. The molecule has 2 aliphatic rings. The van der Waals surface area contributed by atoms with Crippen LogP contribution in [0.4, 0.5) is 11.4 Å². The number of allylic oxidation sites excluding steroid dienone is 2. The summed E-state index contributed by atoms with van der Waals surface area (Å²) in [5, 5.41) is 2.87. The molecule has 0 unspecified atom stereocenters. The number of amides is 3. The number of para-hydroxylation sites is 2. The van der Waals surface area contributed by atoms with Gasteiger partial charge in [-0.3, -0.25) is 14.4 Å². The Labute approximate surface area is 204 Å². The highest BCUT2D eigenvalue weighted by molar-refractivity contribution is 6.25. The van der Waals surface area contributed by atoms with Gasteiger partial charge in [-0.1, -0.05) is 42.0 Å². The molecule has 176 valence electrons. The second-order valence-electron chi connectivity index (χ2n) is 9.08. The number of hydrogen-bond donors (Lipinski definition) is 1. The fourth-order valence-electron chi connectivity index (χ4n) is 4.74. The van der Waals surface area contributed by atoms with E-state index in [1.807, 2.05) is 44.2 Å². The lowest BCUT2D eigenvalue weighted by atomic mass is 9.82. The maximum atomic E-state index is 13.2. The normalized spacial score (nSPS) is 19.3. The van der Waals surface area contributed by atoms with E-state index in [0.29, 0.717) is 30.0 Å². The zero-order valence-electron chi connectivity index (χ0n) is 19.7. The van der Waals surface area contributed by atoms with Crippen molar-refractivity contribution < 1.29 is 19.1 Å². The van der Waals surface area contributed by atoms with Gasteiger partial charge in [-0.25, -0.2) is 4.90 Å². The van der Waals surface area contributed by atoms with Gasteiger partial charge in [0.15, 0.2) is 0 Å². The first kappa shape index (κ1) is 22.6. The van der Waals surface area contributed by atoms with Crippen molar-refractivity contribution in [3.63, 3.8) is 0 Å². The third kappa shape index (κ3) is 4.35. The summed E-state index contributed by atoms with van der Waals surface area (Å²) in [6.45, 7) is 3.96. The number of imide groups is 1. The minimum atomic E-state index is -0.391. The quantitative estimate of drug-likeness (QED) is 0.376. The molecule has 1 N–H and O–H groups in total. The van der Waals surface area contributed by atoms with Crippen molar-refractivity contribution in [3.8, 4) is 11.5 Å². The van der Waals surface area contributed by atoms with Crippen LogP contribution in [0.15, 0.2) is 84.4 Å². The minimum Gasteiger partial charge on any atom is -0.457 e. The third-order valence-corrected chi connectivity index (χ3v) is 6.65. The highest BCUT2D eigenvalue weighted by Crippen LogP contribution is 2.40. The van der Waals surface area contributed by atoms with Crippen molar-refractivity contribution in [2.45, 2.75) is 26.7 Å². The smallest absolute Gasteiger partial charge is 0.257 e. The second kappa shape index (κ2) is 9.22. The molecule has 3 amide bonds. The van der Waals surface area contributed by atoms with E-state index in [2.05, 4.69) is 5.32 Å². The Hall–Kier alpha value is -4.19. The van der Waals surface area contributed by atoms with Crippen LogP contribution >= 0.6 is 0 Å². The van der Waals surface area contributed by atoms with Gasteiger partial charge >= 0.3 is 0 Å². The second-order valence-corrected chi connectivity index (χ2v) is 9.08. The van der Waals surface area contributed by atoms with Gasteiger partial charge in [0.25, 0.3) is 5.91 Å². The molecule has 1 aliphatic heterocycles. The summed E-state index contributed by atoms with van der Waals surface area (Å²) < 4.78 is 5.92. The first-order chi connectivity index (χ1) is 16.9. The van der Waals surface area contributed by atoms with Crippen molar-refractivity contribution >= 4 is 29.1 Å². The predicted octanol–water partition coefficient (Wildman–Crippen LogP) is 5.89. The van der Waals surface area contributed by atoms with E-state index in [0.717, 1.165) is 16.9 Å². The third-order valence-electron chi connectivity index (χ3n) is 6.65. The number of ether oxygens (including phenoxy) is 1. The van der Waals surface area contributed by atoms with E-state index in [1.54, 1.807) is 48.5 Å². The Morgan fingerprint density at radius 2 is 1.57 bits per heavy atom. The molecule has 35 heavy (non-hydrogen) atoms. The van der Waals surface area contributed by atoms with Gasteiger partial charge in [0.1, 0.15) is 11.5 Å². The molecule has 6 nitrogen and oxygen atoms in total. The molecule has 1 saturated heterocycles. The summed E-state index contributed by atoms with van der Waals surface area (Å²) in [4.78, 5) is 40.7. The van der Waals surface area contributed by atoms with Gasteiger partial charge in [-0.05, 0) is 74.7 Å². The predicted molar refractivity (Wildman–Crippen MR) is 135 cm³/mol. The molecule has 1 aliphatic carbocycles. The van der Waals surface area contributed by atoms with Gasteiger partial charge in [-0.15, -0.1) is 0 Å². The van der Waals surface area contributed by atoms with Crippen molar-refractivity contribution in [1.29, 1.82) is 0 Å². The topological polar surface area (TPSA) is 75.7 Å². The fraction of sp³-hybridized carbons (Fsp3) is 0.207. The summed E-state index contributed by atoms with van der Waals surface area (Å²) in [6.07, 6.45) is 3.17. The summed E-state index contributed by atoms with van der Waals surface area (Å²) in [5.41, 5.74) is 3.33. The maximum Gasteiger partial charge on any atom is 0.257 e. The van der Waals surface area contributed by atoms with Crippen LogP contribution in [0.2, 0.25) is 0 Å². The van der Waals surface area contributed by atoms with Crippen LogP contribution < -0.4 is 15.0 Å². The van der Waals surface area contributed by atoms with Crippen molar-refractivity contribution in [2.24, 2.45) is 11.8 Å². The molecule has 6 heteroatoms. The zero-order chi connectivity index (χ0) is 24.5. The summed E-state index contributed by atoms with van der Waals surface area (Å²) in [6, 6.07) is 21.5. The standard InChI is InChI=1S/C29H26N2O4/c1-18-11-16-22-24(17-18)29(34)31(28(22)33)25-9-5-4-8-23(25)27(32)30-20-12-14-21(15-13-20)35-26-10-6-3-7-19(26)2/h3-15,22,24H,16-17H2,1-2H3,(H,30,32)/t22-,24-/m1/s1. The van der Waals surface area contributed by atoms with E-state index in [9.17, 15) is 14.4 Å². The molecule has 0 radical (unpaired) electrons. The van der Waals surface area contributed by atoms with E-state index in [-0.39, 0.29) is 29.2 Å². The van der Waals surface area contributed by atoms with E-state index in [4.69, 9.17) is 4.74 Å². The SMILES string of the molecule is CC1=CC[C@H]2C(=O)N(c3ccccc3C(=O)Nc3ccc(Oc4ccccc4C)cc3)C(=O)[C@@H]2C1. The molecule has 5 rings (SSSR count). The zero-order valence-corrected chi connectivity index (χ0v) is 19.7. The summed E-state index contributed by atoms with van der Waals surface area (Å²) in [7, 11) is 0. The highest BCUT2D eigenvalue weighted by atomic mass is 16.5. The number of hydrogen-bond acceptors (Lipinski definition) is 4. The monoisotopic (exact) mass is 466 g/mol. The van der Waals surface area contributed by atoms with E-state index >= 15 is 0 Å². The molecule has 0 aromatic heterocycles. The Bertz CT molecular complexity index is 1340. The highest BCUT2D eigenvalue weighted by Gasteiger charge is 2.49. The van der Waals surface area contributed by atoms with Gasteiger partial charge in [0, 0.05) is 5.69 Å². The number of rotatable bonds is 5. The van der Waals surface area contributed by atoms with E-state index < -0.39 is 5.91 Å². The maximum absolute atomic E-state index is 13.2. The Balaban J connectivity index is 1.34. The van der Waals surface area contributed by atoms with Crippen LogP contribution in [0, 0.1) is 18.8 Å². The average Bonchev–Trinajstić information content (AvgIpc) is 3.10. The van der Waals surface area contributed by atoms with Gasteiger partial charge in [-0.2, -0.15) is 0 Å². The average molecular weight is 467 g/mol. The molecule has 3 aromatic carbocycles. The van der Waals surface area contributed by atoms with Crippen molar-refractivity contribution in [2.75, 3.05) is 10.2 Å². The molecule has 1 fully saturated rings. The molecule has 0 saturated carbocycles. The van der Waals surface area contributed by atoms with Crippen molar-refractivity contribution in [3.05, 3.63) is 95.6 Å². The fourth-order valence-corrected chi connectivity index (χ4v) is 4.74. The lowest BCUT2D eigenvalue weighted by Gasteiger charge is -2.19. The number of benzene rings is 3. The molecule has 0 bridgehead atoms. The Morgan fingerprint density at radius 3 is 2.34 bits per heavy atom. The van der Waals surface area contributed by atoms with Gasteiger partial charge in [0.2, 0.25) is 11.8 Å². The minimum absolute atomic E-state index is 0.231. The summed E-state index contributed by atoms with van der Waals surface area (Å²) in [5.74, 6) is -0.154.